The number of fused-ring (bicyclic) bond motifs is 3. The van der Waals surface area contributed by atoms with Gasteiger partial charge in [0.05, 0.1) is 40.4 Å². The zero-order valence-electron chi connectivity index (χ0n) is 21.9. The summed E-state index contributed by atoms with van der Waals surface area (Å²) in [6.45, 7) is 0.0674. The molecule has 1 unspecified atom stereocenters. The van der Waals surface area contributed by atoms with Gasteiger partial charge in [-0.3, -0.25) is 14.9 Å². The molecular formula is C28H26N4O9S. The zero-order valence-corrected chi connectivity index (χ0v) is 22.7. The second-order valence-electron chi connectivity index (χ2n) is 10.5. The molecule has 13 nitrogen and oxygen atoms in total. The molecule has 6 rings (SSSR count). The molecule has 2 saturated carbocycles. The molecule has 2 fully saturated rings. The number of rotatable bonds is 9. The van der Waals surface area contributed by atoms with E-state index in [-0.39, 0.29) is 41.4 Å². The summed E-state index contributed by atoms with van der Waals surface area (Å²) in [6, 6.07) is 12.6. The second-order valence-corrected chi connectivity index (χ2v) is 12.1. The number of nitro benzene ring substituents is 1. The van der Waals surface area contributed by atoms with E-state index in [2.05, 4.69) is 9.97 Å². The maximum atomic E-state index is 13.1. The van der Waals surface area contributed by atoms with Gasteiger partial charge < -0.3 is 24.7 Å². The minimum atomic E-state index is -4.53. The van der Waals surface area contributed by atoms with Crippen molar-refractivity contribution in [2.45, 2.75) is 29.9 Å². The number of benzene rings is 2. The van der Waals surface area contributed by atoms with E-state index in [9.17, 15) is 33.5 Å². The molecule has 0 aliphatic heterocycles. The highest BCUT2D eigenvalue weighted by Crippen LogP contribution is 2.49. The largest absolute Gasteiger partial charge is 0.487 e. The summed E-state index contributed by atoms with van der Waals surface area (Å²) in [5.74, 6) is -1.05. The molecule has 2 aromatic carbocycles. The summed E-state index contributed by atoms with van der Waals surface area (Å²) >= 11 is 0. The van der Waals surface area contributed by atoms with Crippen LogP contribution in [-0.4, -0.2) is 58.2 Å². The molecule has 2 heterocycles. The summed E-state index contributed by atoms with van der Waals surface area (Å²) in [7, 11) is -4.53. The number of ether oxygens (including phenoxy) is 2. The molecule has 4 N–H and O–H groups in total. The van der Waals surface area contributed by atoms with E-state index in [0.717, 1.165) is 23.6 Å². The number of hydrogen-bond donors (Lipinski definition) is 4. The van der Waals surface area contributed by atoms with Crippen molar-refractivity contribution in [1.82, 2.24) is 14.7 Å². The van der Waals surface area contributed by atoms with Crippen LogP contribution < -0.4 is 14.2 Å². The van der Waals surface area contributed by atoms with E-state index in [1.165, 1.54) is 24.4 Å². The summed E-state index contributed by atoms with van der Waals surface area (Å²) in [5.41, 5.74) is -0.0255. The number of aromatic amines is 1. The van der Waals surface area contributed by atoms with Crippen LogP contribution >= 0.6 is 0 Å². The number of sulfonamides is 1. The first kappa shape index (κ1) is 27.6. The molecule has 0 spiro atoms. The van der Waals surface area contributed by atoms with Crippen molar-refractivity contribution in [3.63, 3.8) is 0 Å². The van der Waals surface area contributed by atoms with E-state index in [1.807, 2.05) is 4.72 Å². The Balaban J connectivity index is 1.18. The van der Waals surface area contributed by atoms with Crippen LogP contribution in [0.1, 0.15) is 23.2 Å². The van der Waals surface area contributed by atoms with Crippen molar-refractivity contribution in [2.24, 2.45) is 17.8 Å². The smallest absolute Gasteiger partial charge is 0.312 e. The minimum absolute atomic E-state index is 0.0419. The third-order valence-electron chi connectivity index (χ3n) is 7.91. The van der Waals surface area contributed by atoms with Crippen molar-refractivity contribution in [3.05, 3.63) is 82.7 Å². The number of nitrogens with zero attached hydrogens (tertiary/aromatic N) is 2. The van der Waals surface area contributed by atoms with Gasteiger partial charge >= 0.3 is 5.69 Å². The lowest BCUT2D eigenvalue weighted by atomic mass is 9.85. The number of aromatic nitrogens is 2. The number of aliphatic hydroxyl groups is 2. The van der Waals surface area contributed by atoms with Gasteiger partial charge in [-0.25, -0.2) is 18.1 Å². The summed E-state index contributed by atoms with van der Waals surface area (Å²) < 4.78 is 39.7. The highest BCUT2D eigenvalue weighted by molar-refractivity contribution is 7.90. The highest BCUT2D eigenvalue weighted by Gasteiger charge is 2.51. The van der Waals surface area contributed by atoms with Crippen LogP contribution in [0.4, 0.5) is 5.69 Å². The lowest BCUT2D eigenvalue weighted by molar-refractivity contribution is -0.386. The van der Waals surface area contributed by atoms with Crippen LogP contribution in [-0.2, 0) is 10.0 Å². The van der Waals surface area contributed by atoms with Crippen molar-refractivity contribution < 1.29 is 37.8 Å². The Kier molecular flexibility index (Phi) is 7.04. The number of aliphatic hydroxyl groups excluding tert-OH is 2. The molecular weight excluding hydrogens is 568 g/mol. The number of hydrogen-bond acceptors (Lipinski definition) is 10. The standard InChI is InChI=1S/C28H26N4O9S/c33-25-16-9-17(21(11-16)26(25)34)14-40-24-6-5-19(12-22(24)32(36)37)42(38,39)31-28(35)20-3-1-2-4-23(20)41-18-10-15-7-8-29-27(15)30-13-18/h1-8,10,12-13,16-17,21,25-26,33-34H,9,11,14H2,(H,29,30)(H,31,35)/t16-,17?,21-,25+,26-/m1/s1. The molecule has 0 saturated heterocycles. The average molecular weight is 595 g/mol. The van der Waals surface area contributed by atoms with Crippen molar-refractivity contribution >= 4 is 32.7 Å². The average Bonchev–Trinajstić information content (AvgIpc) is 3.68. The fraction of sp³-hybridized carbons (Fsp3) is 0.286. The number of para-hydroxylation sites is 1. The molecule has 42 heavy (non-hydrogen) atoms. The van der Waals surface area contributed by atoms with E-state index >= 15 is 0 Å². The first-order chi connectivity index (χ1) is 20.1. The maximum absolute atomic E-state index is 13.1. The molecule has 2 aliphatic rings. The Morgan fingerprint density at radius 1 is 1.10 bits per heavy atom. The number of carbonyl (C=O) groups excluding carboxylic acids is 1. The molecule has 5 atom stereocenters. The fourth-order valence-corrected chi connectivity index (χ4v) is 6.82. The van der Waals surface area contributed by atoms with Crippen LogP contribution in [0.3, 0.4) is 0 Å². The quantitative estimate of drug-likeness (QED) is 0.165. The van der Waals surface area contributed by atoms with E-state index in [0.29, 0.717) is 24.2 Å². The second kappa shape index (κ2) is 10.7. The number of H-pyrrole nitrogens is 1. The maximum Gasteiger partial charge on any atom is 0.312 e. The fourth-order valence-electron chi connectivity index (χ4n) is 5.83. The predicted molar refractivity (Wildman–Crippen MR) is 148 cm³/mol. The molecule has 2 aromatic heterocycles. The molecule has 218 valence electrons. The predicted octanol–water partition coefficient (Wildman–Crippen LogP) is 3.14. The Hall–Kier alpha value is -4.53. The normalized spacial score (nSPS) is 23.1. The third kappa shape index (κ3) is 5.15. The van der Waals surface area contributed by atoms with Crippen LogP contribution in [0.5, 0.6) is 17.2 Å². The first-order valence-electron chi connectivity index (χ1n) is 13.2. The van der Waals surface area contributed by atoms with Crippen molar-refractivity contribution in [1.29, 1.82) is 0 Å². The lowest BCUT2D eigenvalue weighted by Crippen LogP contribution is -2.38. The summed E-state index contributed by atoms with van der Waals surface area (Å²) in [4.78, 5) is 30.8. The van der Waals surface area contributed by atoms with Gasteiger partial charge in [-0.05, 0) is 67.0 Å². The SMILES string of the molecule is O=C(NS(=O)(=O)c1ccc(OCC2C[C@@H]3C[C@H]2[C@@H](O)[C@H]3O)c([N+](=O)[O-])c1)c1ccccc1Oc1cnc2[nH]ccc2c1. The Morgan fingerprint density at radius 3 is 2.67 bits per heavy atom. The number of nitrogens with one attached hydrogen (secondary N) is 2. The number of amides is 1. The topological polar surface area (TPSA) is 194 Å². The molecule has 2 aliphatic carbocycles. The van der Waals surface area contributed by atoms with E-state index in [1.54, 1.807) is 24.4 Å². The van der Waals surface area contributed by atoms with Gasteiger partial charge in [0.15, 0.2) is 5.75 Å². The van der Waals surface area contributed by atoms with Gasteiger partial charge in [-0.1, -0.05) is 12.1 Å². The van der Waals surface area contributed by atoms with E-state index < -0.39 is 43.6 Å². The first-order valence-corrected chi connectivity index (χ1v) is 14.6. The van der Waals surface area contributed by atoms with Gasteiger partial charge in [-0.2, -0.15) is 0 Å². The summed E-state index contributed by atoms with van der Waals surface area (Å²) in [5, 5.41) is 32.7. The summed E-state index contributed by atoms with van der Waals surface area (Å²) in [6.07, 6.45) is 2.81. The molecule has 1 amide bonds. The van der Waals surface area contributed by atoms with E-state index in [4.69, 9.17) is 9.47 Å². The van der Waals surface area contributed by atoms with Crippen LogP contribution in [0.15, 0.2) is 71.9 Å². The minimum Gasteiger partial charge on any atom is -0.487 e. The van der Waals surface area contributed by atoms with Gasteiger partial charge in [0.2, 0.25) is 0 Å². The molecule has 4 aromatic rings. The lowest BCUT2D eigenvalue weighted by Gasteiger charge is -2.29. The molecule has 2 bridgehead atoms. The van der Waals surface area contributed by atoms with Crippen LogP contribution in [0, 0.1) is 27.9 Å². The van der Waals surface area contributed by atoms with Gasteiger partial charge in [0.25, 0.3) is 15.9 Å². The van der Waals surface area contributed by atoms with Crippen LogP contribution in [0.2, 0.25) is 0 Å². The van der Waals surface area contributed by atoms with Crippen LogP contribution in [0.25, 0.3) is 11.0 Å². The number of nitro groups is 1. The van der Waals surface area contributed by atoms with Crippen molar-refractivity contribution in [2.75, 3.05) is 6.61 Å². The highest BCUT2D eigenvalue weighted by atomic mass is 32.2. The van der Waals surface area contributed by atoms with Gasteiger partial charge in [0.1, 0.15) is 17.1 Å². The third-order valence-corrected chi connectivity index (χ3v) is 9.24. The number of pyridine rings is 1. The van der Waals surface area contributed by atoms with Crippen molar-refractivity contribution in [3.8, 4) is 17.2 Å². The van der Waals surface area contributed by atoms with Gasteiger partial charge in [0, 0.05) is 17.6 Å². The molecule has 0 radical (unpaired) electrons. The molecule has 14 heteroatoms. The monoisotopic (exact) mass is 594 g/mol. The van der Waals surface area contributed by atoms with Gasteiger partial charge in [-0.15, -0.1) is 0 Å². The Labute approximate surface area is 239 Å². The number of carbonyl (C=O) groups is 1. The Bertz CT molecular complexity index is 1790. The Morgan fingerprint density at radius 2 is 1.90 bits per heavy atom. The zero-order chi connectivity index (χ0) is 29.6.